The zero-order chi connectivity index (χ0) is 15.3. The van der Waals surface area contributed by atoms with Crippen LogP contribution in [0.1, 0.15) is 23.7 Å². The Hall–Kier alpha value is -2.24. The molecular weight excluding hydrogens is 262 g/mol. The first-order chi connectivity index (χ1) is 9.47. The van der Waals surface area contributed by atoms with Crippen LogP contribution in [0.15, 0.2) is 18.2 Å². The molecule has 1 aromatic carbocycles. The predicted octanol–water partition coefficient (Wildman–Crippen LogP) is 1.64. The zero-order valence-corrected chi connectivity index (χ0v) is 12.0. The predicted molar refractivity (Wildman–Crippen MR) is 73.4 cm³/mol. The lowest BCUT2D eigenvalue weighted by atomic mass is 10.1. The van der Waals surface area contributed by atoms with Crippen molar-refractivity contribution in [2.75, 3.05) is 21.3 Å². The Morgan fingerprint density at radius 3 is 2.40 bits per heavy atom. The van der Waals surface area contributed by atoms with E-state index in [9.17, 15) is 9.59 Å². The third-order valence-corrected chi connectivity index (χ3v) is 3.09. The molecule has 1 amide bonds. The zero-order valence-electron chi connectivity index (χ0n) is 12.0. The van der Waals surface area contributed by atoms with Crippen molar-refractivity contribution < 1.29 is 24.2 Å². The Labute approximate surface area is 117 Å². The summed E-state index contributed by atoms with van der Waals surface area (Å²) in [6.07, 6.45) is 0.323. The van der Waals surface area contributed by atoms with E-state index in [0.717, 1.165) is 0 Å². The highest BCUT2D eigenvalue weighted by molar-refractivity contribution is 5.99. The minimum Gasteiger partial charge on any atom is -0.493 e. The second-order valence-electron chi connectivity index (χ2n) is 4.22. The van der Waals surface area contributed by atoms with Gasteiger partial charge in [0.1, 0.15) is 6.04 Å². The van der Waals surface area contributed by atoms with Gasteiger partial charge in [0, 0.05) is 7.05 Å². The summed E-state index contributed by atoms with van der Waals surface area (Å²) in [6.45, 7) is 1.71. The summed E-state index contributed by atoms with van der Waals surface area (Å²) in [5, 5.41) is 9.12. The fourth-order valence-electron chi connectivity index (χ4n) is 2.00. The van der Waals surface area contributed by atoms with Crippen LogP contribution in [-0.2, 0) is 4.79 Å². The highest BCUT2D eigenvalue weighted by atomic mass is 16.5. The molecule has 6 heteroatoms. The molecule has 110 valence electrons. The van der Waals surface area contributed by atoms with E-state index in [2.05, 4.69) is 0 Å². The molecule has 0 spiro atoms. The molecule has 0 heterocycles. The molecule has 6 nitrogen and oxygen atoms in total. The highest BCUT2D eigenvalue weighted by Crippen LogP contribution is 2.31. The van der Waals surface area contributed by atoms with Crippen molar-refractivity contribution in [3.8, 4) is 11.5 Å². The number of amides is 1. The first kappa shape index (κ1) is 15.8. The molecule has 20 heavy (non-hydrogen) atoms. The smallest absolute Gasteiger partial charge is 0.326 e. The summed E-state index contributed by atoms with van der Waals surface area (Å²) in [4.78, 5) is 24.8. The molecule has 1 unspecified atom stereocenters. The normalized spacial score (nSPS) is 11.6. The molecule has 0 fully saturated rings. The number of hydrogen-bond donors (Lipinski definition) is 1. The minimum absolute atomic E-state index is 0.272. The number of nitrogens with zero attached hydrogens (tertiary/aromatic N) is 1. The number of carbonyl (C=O) groups excluding carboxylic acids is 1. The topological polar surface area (TPSA) is 76.1 Å². The lowest BCUT2D eigenvalue weighted by molar-refractivity contribution is -0.142. The average Bonchev–Trinajstić information content (AvgIpc) is 2.45. The second-order valence-corrected chi connectivity index (χ2v) is 4.22. The summed E-state index contributed by atoms with van der Waals surface area (Å²) < 4.78 is 10.3. The van der Waals surface area contributed by atoms with Crippen molar-refractivity contribution in [2.24, 2.45) is 0 Å². The Morgan fingerprint density at radius 1 is 1.30 bits per heavy atom. The largest absolute Gasteiger partial charge is 0.493 e. The van der Waals surface area contributed by atoms with Gasteiger partial charge in [-0.05, 0) is 18.6 Å². The Bertz CT molecular complexity index is 500. The monoisotopic (exact) mass is 281 g/mol. The van der Waals surface area contributed by atoms with Crippen molar-refractivity contribution in [1.82, 2.24) is 4.90 Å². The lowest BCUT2D eigenvalue weighted by Crippen LogP contribution is -2.42. The van der Waals surface area contributed by atoms with Crippen molar-refractivity contribution >= 4 is 11.9 Å². The lowest BCUT2D eigenvalue weighted by Gasteiger charge is -2.24. The molecule has 0 aromatic heterocycles. The van der Waals surface area contributed by atoms with Gasteiger partial charge in [-0.3, -0.25) is 4.79 Å². The van der Waals surface area contributed by atoms with Crippen LogP contribution < -0.4 is 9.47 Å². The van der Waals surface area contributed by atoms with Gasteiger partial charge in [0.15, 0.2) is 11.5 Å². The first-order valence-electron chi connectivity index (χ1n) is 6.18. The molecule has 1 rings (SSSR count). The summed E-state index contributed by atoms with van der Waals surface area (Å²) in [6, 6.07) is 4.03. The van der Waals surface area contributed by atoms with Crippen LogP contribution in [-0.4, -0.2) is 49.2 Å². The highest BCUT2D eigenvalue weighted by Gasteiger charge is 2.28. The minimum atomic E-state index is -1.04. The number of benzene rings is 1. The van der Waals surface area contributed by atoms with E-state index in [0.29, 0.717) is 17.9 Å². The molecule has 1 aromatic rings. The van der Waals surface area contributed by atoms with Gasteiger partial charge < -0.3 is 19.5 Å². The van der Waals surface area contributed by atoms with Gasteiger partial charge in [-0.2, -0.15) is 0 Å². The molecule has 1 N–H and O–H groups in total. The van der Waals surface area contributed by atoms with Crippen molar-refractivity contribution in [2.45, 2.75) is 19.4 Å². The van der Waals surface area contributed by atoms with Crippen LogP contribution >= 0.6 is 0 Å². The number of carboxylic acid groups (broad SMARTS) is 1. The molecule has 1 atom stereocenters. The van der Waals surface area contributed by atoms with Gasteiger partial charge in [-0.25, -0.2) is 4.79 Å². The summed E-state index contributed by atoms with van der Waals surface area (Å²) in [5.41, 5.74) is 0.272. The van der Waals surface area contributed by atoms with Crippen LogP contribution in [0.25, 0.3) is 0 Å². The number of methoxy groups -OCH3 is 2. The van der Waals surface area contributed by atoms with Gasteiger partial charge in [0.2, 0.25) is 0 Å². The molecule has 0 radical (unpaired) electrons. The maximum atomic E-state index is 12.4. The number of aliphatic carboxylic acids is 1. The van der Waals surface area contributed by atoms with E-state index < -0.39 is 17.9 Å². The van der Waals surface area contributed by atoms with Gasteiger partial charge >= 0.3 is 5.97 Å². The fourth-order valence-corrected chi connectivity index (χ4v) is 2.00. The molecule has 0 aliphatic carbocycles. The van der Waals surface area contributed by atoms with E-state index in [1.54, 1.807) is 25.1 Å². The first-order valence-corrected chi connectivity index (χ1v) is 6.18. The fraction of sp³-hybridized carbons (Fsp3) is 0.429. The summed E-state index contributed by atoms with van der Waals surface area (Å²) in [7, 11) is 4.37. The number of carboxylic acids is 1. The molecular formula is C14H19NO5. The standard InChI is InChI=1S/C14H19NO5/c1-5-10(14(17)18)15(2)13(16)9-7-6-8-11(19-3)12(9)20-4/h6-8,10H,5H2,1-4H3,(H,17,18). The van der Waals surface area contributed by atoms with E-state index in [1.807, 2.05) is 0 Å². The Balaban J connectivity index is 3.17. The molecule has 0 aliphatic rings. The molecule has 0 aliphatic heterocycles. The van der Waals surface area contributed by atoms with E-state index >= 15 is 0 Å². The number of likely N-dealkylation sites (N-methyl/N-ethyl adjacent to an activating group) is 1. The van der Waals surface area contributed by atoms with E-state index in [4.69, 9.17) is 14.6 Å². The van der Waals surface area contributed by atoms with Crippen molar-refractivity contribution in [3.05, 3.63) is 23.8 Å². The van der Waals surface area contributed by atoms with E-state index in [1.165, 1.54) is 26.2 Å². The summed E-state index contributed by atoms with van der Waals surface area (Å²) >= 11 is 0. The third kappa shape index (κ3) is 3.01. The quantitative estimate of drug-likeness (QED) is 0.857. The third-order valence-electron chi connectivity index (χ3n) is 3.09. The van der Waals surface area contributed by atoms with Gasteiger partial charge in [-0.1, -0.05) is 13.0 Å². The number of carbonyl (C=O) groups is 2. The number of hydrogen-bond acceptors (Lipinski definition) is 4. The average molecular weight is 281 g/mol. The van der Waals surface area contributed by atoms with Crippen LogP contribution in [0, 0.1) is 0 Å². The van der Waals surface area contributed by atoms with Crippen molar-refractivity contribution in [3.63, 3.8) is 0 Å². The number of para-hydroxylation sites is 1. The SMILES string of the molecule is CCC(C(=O)O)N(C)C(=O)c1cccc(OC)c1OC. The van der Waals surface area contributed by atoms with E-state index in [-0.39, 0.29) is 5.56 Å². The number of rotatable bonds is 6. The summed E-state index contributed by atoms with van der Waals surface area (Å²) in [5.74, 6) is -0.734. The Morgan fingerprint density at radius 2 is 1.95 bits per heavy atom. The van der Waals surface area contributed by atoms with Crippen LogP contribution in [0.5, 0.6) is 11.5 Å². The number of ether oxygens (including phenoxy) is 2. The second kappa shape index (κ2) is 6.79. The Kier molecular flexibility index (Phi) is 5.37. The maximum Gasteiger partial charge on any atom is 0.326 e. The van der Waals surface area contributed by atoms with Gasteiger partial charge in [0.05, 0.1) is 19.8 Å². The van der Waals surface area contributed by atoms with Crippen LogP contribution in [0.3, 0.4) is 0 Å². The van der Waals surface area contributed by atoms with Gasteiger partial charge in [0.25, 0.3) is 5.91 Å². The molecule has 0 bridgehead atoms. The van der Waals surface area contributed by atoms with Gasteiger partial charge in [-0.15, -0.1) is 0 Å². The molecule has 0 saturated heterocycles. The maximum absolute atomic E-state index is 12.4. The van der Waals surface area contributed by atoms with Crippen molar-refractivity contribution in [1.29, 1.82) is 0 Å². The van der Waals surface area contributed by atoms with Crippen LogP contribution in [0.2, 0.25) is 0 Å². The molecule has 0 saturated carbocycles. The van der Waals surface area contributed by atoms with Crippen LogP contribution in [0.4, 0.5) is 0 Å².